The zero-order valence-corrected chi connectivity index (χ0v) is 22.5. The lowest BCUT2D eigenvalue weighted by atomic mass is 10.1. The van der Waals surface area contributed by atoms with E-state index in [2.05, 4.69) is 14.9 Å². The molecule has 37 heavy (non-hydrogen) atoms. The number of likely N-dealkylation sites (tertiary alicyclic amines) is 1. The fraction of sp³-hybridized carbons (Fsp3) is 0.407. The van der Waals surface area contributed by atoms with Crippen LogP contribution in [0, 0.1) is 6.92 Å². The molecule has 0 saturated carbocycles. The molecular weight excluding hydrogens is 492 g/mol. The Morgan fingerprint density at radius 1 is 1.24 bits per heavy atom. The minimum Gasteiger partial charge on any atom is -0.481 e. The van der Waals surface area contributed by atoms with Crippen molar-refractivity contribution in [3.63, 3.8) is 0 Å². The molecule has 0 spiro atoms. The van der Waals surface area contributed by atoms with Gasteiger partial charge < -0.3 is 19.1 Å². The van der Waals surface area contributed by atoms with E-state index in [1.54, 1.807) is 6.08 Å². The van der Waals surface area contributed by atoms with Gasteiger partial charge in [0.1, 0.15) is 5.15 Å². The predicted molar refractivity (Wildman–Crippen MR) is 145 cm³/mol. The number of aryl methyl sites for hydroxylation is 1. The molecule has 1 aliphatic heterocycles. The van der Waals surface area contributed by atoms with Crippen molar-refractivity contribution in [2.75, 3.05) is 46.2 Å². The SMILES string of the molecule is COc1cc(C(=O)Nc2nc3cccc(C)c3n2[C@@H]2CCCCN(C(=O)/C=C/CN(C)C)C2)cc(Cl)n1. The van der Waals surface area contributed by atoms with Crippen molar-refractivity contribution in [3.05, 3.63) is 58.8 Å². The lowest BCUT2D eigenvalue weighted by Gasteiger charge is -2.26. The standard InChI is InChI=1S/C27H33ClN6O3/c1-18-9-7-11-21-25(18)34(20-10-5-6-14-33(17-20)24(35)12-8-13-32(2)3)27(29-21)31-26(36)19-15-22(28)30-23(16-19)37-4/h7-9,11-12,15-16,20H,5-6,10,13-14,17H2,1-4H3,(H,29,31,36)/b12-8+/t20-/m1/s1. The van der Waals surface area contributed by atoms with Crippen LogP contribution < -0.4 is 10.1 Å². The summed E-state index contributed by atoms with van der Waals surface area (Å²) in [6.07, 6.45) is 6.29. The van der Waals surface area contributed by atoms with Crippen molar-refractivity contribution in [2.45, 2.75) is 32.2 Å². The number of nitrogens with one attached hydrogen (secondary N) is 1. The first kappa shape index (κ1) is 26.6. The van der Waals surface area contributed by atoms with Crippen LogP contribution in [0.15, 0.2) is 42.5 Å². The van der Waals surface area contributed by atoms with Crippen molar-refractivity contribution in [3.8, 4) is 5.88 Å². The van der Waals surface area contributed by atoms with Crippen LogP contribution >= 0.6 is 11.6 Å². The van der Waals surface area contributed by atoms with Crippen molar-refractivity contribution < 1.29 is 14.3 Å². The fourth-order valence-electron chi connectivity index (χ4n) is 4.65. The highest BCUT2D eigenvalue weighted by molar-refractivity contribution is 6.30. The molecule has 1 aromatic carbocycles. The molecule has 0 unspecified atom stereocenters. The van der Waals surface area contributed by atoms with Gasteiger partial charge in [0.2, 0.25) is 17.7 Å². The molecule has 196 valence electrons. The van der Waals surface area contributed by atoms with Gasteiger partial charge in [-0.15, -0.1) is 0 Å². The van der Waals surface area contributed by atoms with E-state index in [-0.39, 0.29) is 28.9 Å². The Morgan fingerprint density at radius 3 is 2.81 bits per heavy atom. The molecule has 2 aromatic heterocycles. The number of carbonyl (C=O) groups excluding carboxylic acids is 2. The van der Waals surface area contributed by atoms with Crippen molar-refractivity contribution in [2.24, 2.45) is 0 Å². The molecule has 0 aliphatic carbocycles. The normalized spacial score (nSPS) is 16.4. The number of likely N-dealkylation sites (N-methyl/N-ethyl adjacent to an activating group) is 1. The van der Waals surface area contributed by atoms with Crippen LogP contribution in [0.5, 0.6) is 5.88 Å². The van der Waals surface area contributed by atoms with E-state index in [1.165, 1.54) is 19.2 Å². The predicted octanol–water partition coefficient (Wildman–Crippen LogP) is 4.33. The van der Waals surface area contributed by atoms with E-state index in [1.807, 2.05) is 55.1 Å². The van der Waals surface area contributed by atoms with Crippen molar-refractivity contribution >= 4 is 40.4 Å². The van der Waals surface area contributed by atoms with Gasteiger partial charge in [0.25, 0.3) is 5.91 Å². The van der Waals surface area contributed by atoms with Gasteiger partial charge in [0, 0.05) is 37.3 Å². The van der Waals surface area contributed by atoms with E-state index in [0.29, 0.717) is 31.1 Å². The van der Waals surface area contributed by atoms with Crippen LogP contribution in [0.2, 0.25) is 5.15 Å². The number of methoxy groups -OCH3 is 1. The van der Waals surface area contributed by atoms with E-state index < -0.39 is 0 Å². The molecular formula is C27H33ClN6O3. The summed E-state index contributed by atoms with van der Waals surface area (Å²) in [7, 11) is 5.40. The maximum Gasteiger partial charge on any atom is 0.258 e. The van der Waals surface area contributed by atoms with Crippen molar-refractivity contribution in [1.29, 1.82) is 0 Å². The van der Waals surface area contributed by atoms with E-state index in [9.17, 15) is 9.59 Å². The number of ether oxygens (including phenoxy) is 1. The number of para-hydroxylation sites is 1. The zero-order valence-electron chi connectivity index (χ0n) is 21.7. The highest BCUT2D eigenvalue weighted by Crippen LogP contribution is 2.32. The maximum atomic E-state index is 13.3. The van der Waals surface area contributed by atoms with Crippen LogP contribution in [0.25, 0.3) is 11.0 Å². The Labute approximate surface area is 222 Å². The second-order valence-electron chi connectivity index (χ2n) is 9.52. The van der Waals surface area contributed by atoms with Crippen LogP contribution in [-0.4, -0.2) is 77.0 Å². The summed E-state index contributed by atoms with van der Waals surface area (Å²) in [5.41, 5.74) is 3.10. The van der Waals surface area contributed by atoms with E-state index in [4.69, 9.17) is 21.3 Å². The monoisotopic (exact) mass is 524 g/mol. The highest BCUT2D eigenvalue weighted by atomic mass is 35.5. The minimum atomic E-state index is -0.370. The summed E-state index contributed by atoms with van der Waals surface area (Å²) >= 11 is 6.09. The zero-order chi connectivity index (χ0) is 26.5. The Balaban J connectivity index is 1.68. The summed E-state index contributed by atoms with van der Waals surface area (Å²) in [5.74, 6) is 0.315. The number of amides is 2. The highest BCUT2D eigenvalue weighted by Gasteiger charge is 2.27. The number of rotatable bonds is 7. The number of halogens is 1. The molecule has 1 aliphatic rings. The first-order valence-electron chi connectivity index (χ1n) is 12.4. The molecule has 3 aromatic rings. The summed E-state index contributed by atoms with van der Waals surface area (Å²) in [5, 5.41) is 3.14. The Hall–Kier alpha value is -3.43. The van der Waals surface area contributed by atoms with Gasteiger partial charge >= 0.3 is 0 Å². The molecule has 1 saturated heterocycles. The number of pyridine rings is 1. The topological polar surface area (TPSA) is 92.6 Å². The Morgan fingerprint density at radius 2 is 2.05 bits per heavy atom. The molecule has 1 N–H and O–H groups in total. The molecule has 1 fully saturated rings. The summed E-state index contributed by atoms with van der Waals surface area (Å²) in [6.45, 7) is 3.96. The molecule has 1 atom stereocenters. The van der Waals surface area contributed by atoms with Gasteiger partial charge in [0.15, 0.2) is 0 Å². The number of nitrogens with zero attached hydrogens (tertiary/aromatic N) is 5. The fourth-order valence-corrected chi connectivity index (χ4v) is 4.85. The summed E-state index contributed by atoms with van der Waals surface area (Å²) in [4.78, 5) is 39.0. The van der Waals surface area contributed by atoms with Crippen molar-refractivity contribution in [1.82, 2.24) is 24.3 Å². The summed E-state index contributed by atoms with van der Waals surface area (Å²) < 4.78 is 7.25. The van der Waals surface area contributed by atoms with E-state index >= 15 is 0 Å². The molecule has 10 heteroatoms. The number of fused-ring (bicyclic) bond motifs is 1. The Kier molecular flexibility index (Phi) is 8.45. The second kappa shape index (κ2) is 11.7. The molecule has 2 amide bonds. The first-order valence-corrected chi connectivity index (χ1v) is 12.7. The number of hydrogen-bond donors (Lipinski definition) is 1. The number of benzene rings is 1. The van der Waals surface area contributed by atoms with Crippen LogP contribution in [0.4, 0.5) is 5.95 Å². The third kappa shape index (κ3) is 6.29. The van der Waals surface area contributed by atoms with Gasteiger partial charge in [-0.1, -0.05) is 29.8 Å². The van der Waals surface area contributed by atoms with Gasteiger partial charge in [0.05, 0.1) is 24.2 Å². The molecule has 3 heterocycles. The number of carbonyl (C=O) groups is 2. The average molecular weight is 525 g/mol. The molecule has 0 radical (unpaired) electrons. The van der Waals surface area contributed by atoms with Crippen LogP contribution in [0.3, 0.4) is 0 Å². The largest absolute Gasteiger partial charge is 0.481 e. The van der Waals surface area contributed by atoms with Crippen LogP contribution in [0.1, 0.15) is 41.2 Å². The second-order valence-corrected chi connectivity index (χ2v) is 9.91. The number of hydrogen-bond acceptors (Lipinski definition) is 6. The third-order valence-corrected chi connectivity index (χ3v) is 6.63. The van der Waals surface area contributed by atoms with Gasteiger partial charge in [-0.05, 0) is 58.0 Å². The van der Waals surface area contributed by atoms with Gasteiger partial charge in [-0.25, -0.2) is 9.97 Å². The smallest absolute Gasteiger partial charge is 0.258 e. The molecule has 9 nitrogen and oxygen atoms in total. The number of imidazole rings is 1. The lowest BCUT2D eigenvalue weighted by Crippen LogP contribution is -2.35. The van der Waals surface area contributed by atoms with Gasteiger partial charge in [-0.2, -0.15) is 0 Å². The van der Waals surface area contributed by atoms with Crippen LogP contribution in [-0.2, 0) is 4.79 Å². The summed E-state index contributed by atoms with van der Waals surface area (Å²) in [6, 6.07) is 8.89. The number of aromatic nitrogens is 3. The maximum absolute atomic E-state index is 13.3. The lowest BCUT2D eigenvalue weighted by molar-refractivity contribution is -0.126. The minimum absolute atomic E-state index is 0.000925. The molecule has 0 bridgehead atoms. The van der Waals surface area contributed by atoms with E-state index in [0.717, 1.165) is 35.9 Å². The quantitative estimate of drug-likeness (QED) is 0.365. The first-order chi connectivity index (χ1) is 17.8. The Bertz CT molecular complexity index is 1320. The van der Waals surface area contributed by atoms with Gasteiger partial charge in [-0.3, -0.25) is 14.9 Å². The molecule has 4 rings (SSSR count). The average Bonchev–Trinajstić information content (AvgIpc) is 3.05. The number of anilines is 1. The third-order valence-electron chi connectivity index (χ3n) is 6.43.